The van der Waals surface area contributed by atoms with E-state index in [-0.39, 0.29) is 12.6 Å². The Balaban J connectivity index is 2.22. The Bertz CT molecular complexity index is 547. The fraction of sp³-hybridized carbons (Fsp3) is 0.538. The van der Waals surface area contributed by atoms with Crippen molar-refractivity contribution in [1.82, 2.24) is 4.31 Å². The molecule has 7 heteroatoms. The Hall–Kier alpha value is -1.31. The third-order valence-corrected chi connectivity index (χ3v) is 5.01. The molecule has 0 aliphatic carbocycles. The molecule has 1 aliphatic heterocycles. The summed E-state index contributed by atoms with van der Waals surface area (Å²) in [5, 5.41) is 9.33. The van der Waals surface area contributed by atoms with E-state index in [9.17, 15) is 13.5 Å². The fourth-order valence-electron chi connectivity index (χ4n) is 2.40. The number of nitrogens with one attached hydrogen (secondary N) is 1. The summed E-state index contributed by atoms with van der Waals surface area (Å²) in [5.74, 6) is 0.466. The summed E-state index contributed by atoms with van der Waals surface area (Å²) in [7, 11) is -2.20. The van der Waals surface area contributed by atoms with Gasteiger partial charge in [0, 0.05) is 12.6 Å². The van der Waals surface area contributed by atoms with E-state index in [1.54, 1.807) is 24.3 Å². The van der Waals surface area contributed by atoms with E-state index < -0.39 is 10.2 Å². The highest BCUT2D eigenvalue weighted by Gasteiger charge is 2.32. The van der Waals surface area contributed by atoms with Crippen LogP contribution in [0.2, 0.25) is 0 Å². The van der Waals surface area contributed by atoms with Gasteiger partial charge in [-0.3, -0.25) is 4.72 Å². The summed E-state index contributed by atoms with van der Waals surface area (Å²) >= 11 is 0. The second-order valence-electron chi connectivity index (χ2n) is 4.75. The largest absolute Gasteiger partial charge is 0.495 e. The Morgan fingerprint density at radius 1 is 1.40 bits per heavy atom. The van der Waals surface area contributed by atoms with Crippen LogP contribution in [0.5, 0.6) is 5.75 Å². The molecule has 0 aromatic heterocycles. The van der Waals surface area contributed by atoms with E-state index in [2.05, 4.69) is 4.72 Å². The molecule has 0 bridgehead atoms. The second-order valence-corrected chi connectivity index (χ2v) is 6.37. The highest BCUT2D eigenvalue weighted by molar-refractivity contribution is 7.90. The third-order valence-electron chi connectivity index (χ3n) is 3.44. The van der Waals surface area contributed by atoms with Crippen LogP contribution in [-0.4, -0.2) is 44.1 Å². The van der Waals surface area contributed by atoms with Gasteiger partial charge in [-0.15, -0.1) is 0 Å². The van der Waals surface area contributed by atoms with E-state index in [1.165, 1.54) is 11.4 Å². The number of methoxy groups -OCH3 is 1. The van der Waals surface area contributed by atoms with Crippen molar-refractivity contribution < 1.29 is 18.3 Å². The van der Waals surface area contributed by atoms with Gasteiger partial charge in [-0.05, 0) is 25.0 Å². The maximum atomic E-state index is 12.4. The summed E-state index contributed by atoms with van der Waals surface area (Å²) in [6, 6.07) is 6.50. The standard InChI is InChI=1S/C13H20N2O4S/c1-19-13-8-3-2-7-12(13)14-20(17,18)15-9-5-4-6-11(15)10-16/h2-3,7-8,11,14,16H,4-6,9-10H2,1H3. The Labute approximate surface area is 119 Å². The summed E-state index contributed by atoms with van der Waals surface area (Å²) in [6.07, 6.45) is 2.43. The minimum atomic E-state index is -3.69. The zero-order chi connectivity index (χ0) is 14.6. The maximum absolute atomic E-state index is 12.4. The van der Waals surface area contributed by atoms with Crippen LogP contribution >= 0.6 is 0 Å². The number of rotatable bonds is 5. The molecule has 1 fully saturated rings. The van der Waals surface area contributed by atoms with Gasteiger partial charge >= 0.3 is 10.2 Å². The number of hydrogen-bond donors (Lipinski definition) is 2. The van der Waals surface area contributed by atoms with Gasteiger partial charge in [-0.2, -0.15) is 12.7 Å². The van der Waals surface area contributed by atoms with Gasteiger partial charge in [-0.25, -0.2) is 0 Å². The maximum Gasteiger partial charge on any atom is 0.302 e. The predicted molar refractivity (Wildman–Crippen MR) is 77.0 cm³/mol. The molecule has 1 heterocycles. The molecule has 0 saturated carbocycles. The first-order valence-corrected chi connectivity index (χ1v) is 8.06. The molecule has 1 saturated heterocycles. The lowest BCUT2D eigenvalue weighted by Gasteiger charge is -2.33. The first kappa shape index (κ1) is 15.1. The number of aliphatic hydroxyl groups excluding tert-OH is 1. The molecular formula is C13H20N2O4S. The summed E-state index contributed by atoms with van der Waals surface area (Å²) in [5.41, 5.74) is 0.400. The normalized spacial score (nSPS) is 20.6. The molecule has 112 valence electrons. The number of para-hydroxylation sites is 2. The summed E-state index contributed by atoms with van der Waals surface area (Å²) in [4.78, 5) is 0. The van der Waals surface area contributed by atoms with Crippen LogP contribution < -0.4 is 9.46 Å². The average Bonchev–Trinajstić information content (AvgIpc) is 2.47. The summed E-state index contributed by atoms with van der Waals surface area (Å²) in [6.45, 7) is 0.266. The SMILES string of the molecule is COc1ccccc1NS(=O)(=O)N1CCCCC1CO. The molecule has 0 spiro atoms. The lowest BCUT2D eigenvalue weighted by Crippen LogP contribution is -2.47. The molecule has 1 aromatic carbocycles. The molecule has 0 radical (unpaired) electrons. The van der Waals surface area contributed by atoms with Crippen molar-refractivity contribution in [2.75, 3.05) is 25.0 Å². The lowest BCUT2D eigenvalue weighted by atomic mass is 10.1. The van der Waals surface area contributed by atoms with Crippen molar-refractivity contribution in [3.8, 4) is 5.75 Å². The van der Waals surface area contributed by atoms with Crippen molar-refractivity contribution in [3.63, 3.8) is 0 Å². The van der Waals surface area contributed by atoms with E-state index in [0.29, 0.717) is 24.4 Å². The molecule has 1 unspecified atom stereocenters. The lowest BCUT2D eigenvalue weighted by molar-refractivity contribution is 0.156. The topological polar surface area (TPSA) is 78.9 Å². The van der Waals surface area contributed by atoms with Crippen LogP contribution in [0.3, 0.4) is 0 Å². The number of hydrogen-bond acceptors (Lipinski definition) is 4. The molecular weight excluding hydrogens is 280 g/mol. The molecule has 2 rings (SSSR count). The Kier molecular flexibility index (Phi) is 4.85. The van der Waals surface area contributed by atoms with E-state index in [0.717, 1.165) is 12.8 Å². The first-order valence-electron chi connectivity index (χ1n) is 6.62. The van der Waals surface area contributed by atoms with Crippen LogP contribution in [0.1, 0.15) is 19.3 Å². The van der Waals surface area contributed by atoms with Gasteiger partial charge in [0.1, 0.15) is 5.75 Å². The van der Waals surface area contributed by atoms with Gasteiger partial charge in [0.05, 0.1) is 19.4 Å². The van der Waals surface area contributed by atoms with Crippen LogP contribution in [0.4, 0.5) is 5.69 Å². The molecule has 1 atom stereocenters. The van der Waals surface area contributed by atoms with Crippen LogP contribution in [0, 0.1) is 0 Å². The van der Waals surface area contributed by atoms with Crippen LogP contribution in [-0.2, 0) is 10.2 Å². The van der Waals surface area contributed by atoms with Gasteiger partial charge in [0.25, 0.3) is 0 Å². The van der Waals surface area contributed by atoms with Crippen molar-refractivity contribution in [2.45, 2.75) is 25.3 Å². The highest BCUT2D eigenvalue weighted by Crippen LogP contribution is 2.27. The number of anilines is 1. The Morgan fingerprint density at radius 2 is 2.15 bits per heavy atom. The van der Waals surface area contributed by atoms with E-state index in [4.69, 9.17) is 4.74 Å². The zero-order valence-corrected chi connectivity index (χ0v) is 12.3. The predicted octanol–water partition coefficient (Wildman–Crippen LogP) is 1.20. The molecule has 2 N–H and O–H groups in total. The minimum absolute atomic E-state index is 0.160. The Morgan fingerprint density at radius 3 is 2.85 bits per heavy atom. The fourth-order valence-corrected chi connectivity index (χ4v) is 3.90. The average molecular weight is 300 g/mol. The highest BCUT2D eigenvalue weighted by atomic mass is 32.2. The van der Waals surface area contributed by atoms with Gasteiger partial charge in [0.2, 0.25) is 0 Å². The van der Waals surface area contributed by atoms with Gasteiger partial charge in [0.15, 0.2) is 0 Å². The molecule has 0 amide bonds. The van der Waals surface area contributed by atoms with Crippen molar-refractivity contribution >= 4 is 15.9 Å². The quantitative estimate of drug-likeness (QED) is 0.856. The molecule has 6 nitrogen and oxygen atoms in total. The monoisotopic (exact) mass is 300 g/mol. The number of piperidine rings is 1. The second kappa shape index (κ2) is 6.43. The molecule has 1 aromatic rings. The number of nitrogens with zero attached hydrogens (tertiary/aromatic N) is 1. The number of ether oxygens (including phenoxy) is 1. The smallest absolute Gasteiger partial charge is 0.302 e. The number of benzene rings is 1. The molecule has 1 aliphatic rings. The minimum Gasteiger partial charge on any atom is -0.495 e. The first-order chi connectivity index (χ1) is 9.58. The van der Waals surface area contributed by atoms with Crippen LogP contribution in [0.25, 0.3) is 0 Å². The van der Waals surface area contributed by atoms with Crippen molar-refractivity contribution in [1.29, 1.82) is 0 Å². The van der Waals surface area contributed by atoms with Crippen LogP contribution in [0.15, 0.2) is 24.3 Å². The van der Waals surface area contributed by atoms with Crippen molar-refractivity contribution in [3.05, 3.63) is 24.3 Å². The number of aliphatic hydroxyl groups is 1. The van der Waals surface area contributed by atoms with E-state index >= 15 is 0 Å². The van der Waals surface area contributed by atoms with Gasteiger partial charge in [-0.1, -0.05) is 18.6 Å². The molecule has 20 heavy (non-hydrogen) atoms. The zero-order valence-electron chi connectivity index (χ0n) is 11.4. The van der Waals surface area contributed by atoms with Gasteiger partial charge < -0.3 is 9.84 Å². The van der Waals surface area contributed by atoms with E-state index in [1.807, 2.05) is 0 Å². The van der Waals surface area contributed by atoms with Crippen molar-refractivity contribution in [2.24, 2.45) is 0 Å². The third kappa shape index (κ3) is 3.23. The summed E-state index contributed by atoms with van der Waals surface area (Å²) < 4.78 is 33.9.